The minimum atomic E-state index is -0.317. The SMILES string of the molecule is CCOc1cccc(C(=O)NC(=S)Nc2sc3c(c2C#N)CC[C@@H](C)C3)c1. The first-order valence-corrected chi connectivity index (χ1v) is 10.1. The van der Waals surface area contributed by atoms with Gasteiger partial charge in [-0.15, -0.1) is 11.3 Å². The fraction of sp³-hybridized carbons (Fsp3) is 0.350. The van der Waals surface area contributed by atoms with Crippen LogP contribution < -0.4 is 15.4 Å². The van der Waals surface area contributed by atoms with Crippen LogP contribution in [-0.2, 0) is 12.8 Å². The molecule has 0 unspecified atom stereocenters. The van der Waals surface area contributed by atoms with Crippen LogP contribution in [-0.4, -0.2) is 17.6 Å². The minimum absolute atomic E-state index is 0.185. The van der Waals surface area contributed by atoms with Crippen molar-refractivity contribution >= 4 is 39.6 Å². The molecule has 3 rings (SSSR count). The molecule has 0 bridgehead atoms. The molecule has 0 aliphatic heterocycles. The molecule has 0 radical (unpaired) electrons. The number of rotatable bonds is 4. The molecule has 0 saturated heterocycles. The number of hydrogen-bond acceptors (Lipinski definition) is 5. The predicted molar refractivity (Wildman–Crippen MR) is 112 cm³/mol. The highest BCUT2D eigenvalue weighted by atomic mass is 32.1. The molecule has 1 amide bonds. The van der Waals surface area contributed by atoms with Crippen LogP contribution in [0.3, 0.4) is 0 Å². The van der Waals surface area contributed by atoms with Crippen molar-refractivity contribution in [2.24, 2.45) is 5.92 Å². The van der Waals surface area contributed by atoms with E-state index in [1.165, 1.54) is 4.88 Å². The highest BCUT2D eigenvalue weighted by molar-refractivity contribution is 7.80. The number of nitriles is 1. The van der Waals surface area contributed by atoms with Crippen molar-refractivity contribution in [1.29, 1.82) is 5.26 Å². The Labute approximate surface area is 168 Å². The van der Waals surface area contributed by atoms with Gasteiger partial charge in [0.25, 0.3) is 5.91 Å². The first kappa shape index (κ1) is 19.3. The van der Waals surface area contributed by atoms with Crippen LogP contribution in [0.15, 0.2) is 24.3 Å². The van der Waals surface area contributed by atoms with Crippen molar-refractivity contribution in [3.63, 3.8) is 0 Å². The number of ether oxygens (including phenoxy) is 1. The van der Waals surface area contributed by atoms with Gasteiger partial charge in [0.1, 0.15) is 16.8 Å². The zero-order valence-electron chi connectivity index (χ0n) is 15.3. The Bertz CT molecular complexity index is 914. The molecule has 1 atom stereocenters. The van der Waals surface area contributed by atoms with Gasteiger partial charge in [0.2, 0.25) is 0 Å². The fourth-order valence-corrected chi connectivity index (χ4v) is 4.79. The summed E-state index contributed by atoms with van der Waals surface area (Å²) in [6.45, 7) is 4.65. The van der Waals surface area contributed by atoms with Gasteiger partial charge in [0.05, 0.1) is 12.2 Å². The molecule has 2 N–H and O–H groups in total. The molecule has 140 valence electrons. The zero-order valence-corrected chi connectivity index (χ0v) is 16.9. The summed E-state index contributed by atoms with van der Waals surface area (Å²) in [6.07, 6.45) is 3.00. The molecule has 1 aromatic heterocycles. The lowest BCUT2D eigenvalue weighted by molar-refractivity contribution is 0.0977. The second-order valence-corrected chi connectivity index (χ2v) is 8.05. The summed E-state index contributed by atoms with van der Waals surface area (Å²) < 4.78 is 5.42. The molecular weight excluding hydrogens is 378 g/mol. The molecule has 0 saturated carbocycles. The van der Waals surface area contributed by atoms with Crippen molar-refractivity contribution < 1.29 is 9.53 Å². The van der Waals surface area contributed by atoms with Crippen molar-refractivity contribution in [1.82, 2.24) is 5.32 Å². The lowest BCUT2D eigenvalue weighted by atomic mass is 9.89. The maximum Gasteiger partial charge on any atom is 0.257 e. The molecule has 1 heterocycles. The van der Waals surface area contributed by atoms with Gasteiger partial charge in [-0.2, -0.15) is 5.26 Å². The summed E-state index contributed by atoms with van der Waals surface area (Å²) in [4.78, 5) is 13.7. The molecular formula is C20H21N3O2S2. The number of benzene rings is 1. The topological polar surface area (TPSA) is 74.2 Å². The van der Waals surface area contributed by atoms with E-state index in [0.29, 0.717) is 34.4 Å². The van der Waals surface area contributed by atoms with E-state index in [1.807, 2.05) is 6.92 Å². The molecule has 27 heavy (non-hydrogen) atoms. The maximum absolute atomic E-state index is 12.4. The van der Waals surface area contributed by atoms with Gasteiger partial charge < -0.3 is 10.1 Å². The van der Waals surface area contributed by atoms with Gasteiger partial charge in [-0.1, -0.05) is 13.0 Å². The summed E-state index contributed by atoms with van der Waals surface area (Å²) in [6, 6.07) is 9.23. The van der Waals surface area contributed by atoms with E-state index in [1.54, 1.807) is 35.6 Å². The van der Waals surface area contributed by atoms with Crippen molar-refractivity contribution in [3.05, 3.63) is 45.8 Å². The Hall–Kier alpha value is -2.43. The summed E-state index contributed by atoms with van der Waals surface area (Å²) >= 11 is 6.85. The number of nitrogens with one attached hydrogen (secondary N) is 2. The minimum Gasteiger partial charge on any atom is -0.494 e. The molecule has 0 fully saturated rings. The molecule has 2 aromatic rings. The van der Waals surface area contributed by atoms with Crippen LogP contribution in [0, 0.1) is 17.2 Å². The van der Waals surface area contributed by atoms with Gasteiger partial charge in [-0.25, -0.2) is 0 Å². The monoisotopic (exact) mass is 399 g/mol. The molecule has 0 spiro atoms. The number of carbonyl (C=O) groups excluding carboxylic acids is 1. The number of hydrogen-bond donors (Lipinski definition) is 2. The quantitative estimate of drug-likeness (QED) is 0.751. The van der Waals surface area contributed by atoms with Gasteiger partial charge in [0.15, 0.2) is 5.11 Å². The normalized spacial score (nSPS) is 15.4. The number of anilines is 1. The summed E-state index contributed by atoms with van der Waals surface area (Å²) in [5.41, 5.74) is 2.24. The van der Waals surface area contributed by atoms with Gasteiger partial charge in [-0.3, -0.25) is 10.1 Å². The molecule has 7 heteroatoms. The third kappa shape index (κ3) is 4.46. The molecule has 1 aromatic carbocycles. The summed E-state index contributed by atoms with van der Waals surface area (Å²) in [5, 5.41) is 16.2. The van der Waals surface area contributed by atoms with Crippen LogP contribution in [0.4, 0.5) is 5.00 Å². The Morgan fingerprint density at radius 2 is 2.30 bits per heavy atom. The third-order valence-corrected chi connectivity index (χ3v) is 5.86. The summed E-state index contributed by atoms with van der Waals surface area (Å²) in [5.74, 6) is 0.943. The first-order valence-electron chi connectivity index (χ1n) is 8.91. The summed E-state index contributed by atoms with van der Waals surface area (Å²) in [7, 11) is 0. The zero-order chi connectivity index (χ0) is 19.4. The van der Waals surface area contributed by atoms with Crippen molar-refractivity contribution in [2.45, 2.75) is 33.1 Å². The molecule has 5 nitrogen and oxygen atoms in total. The Morgan fingerprint density at radius 1 is 1.48 bits per heavy atom. The van der Waals surface area contributed by atoms with E-state index < -0.39 is 0 Å². The second kappa shape index (κ2) is 8.51. The van der Waals surface area contributed by atoms with Gasteiger partial charge in [-0.05, 0) is 68.1 Å². The van der Waals surface area contributed by atoms with E-state index in [2.05, 4.69) is 23.6 Å². The van der Waals surface area contributed by atoms with Crippen LogP contribution >= 0.6 is 23.6 Å². The van der Waals surface area contributed by atoms with E-state index in [-0.39, 0.29) is 11.0 Å². The lowest BCUT2D eigenvalue weighted by Gasteiger charge is -2.17. The Balaban J connectivity index is 1.70. The van der Waals surface area contributed by atoms with Crippen LogP contribution in [0.25, 0.3) is 0 Å². The highest BCUT2D eigenvalue weighted by Gasteiger charge is 2.24. The third-order valence-electron chi connectivity index (χ3n) is 4.48. The van der Waals surface area contributed by atoms with Crippen molar-refractivity contribution in [2.75, 3.05) is 11.9 Å². The molecule has 1 aliphatic rings. The Morgan fingerprint density at radius 3 is 3.04 bits per heavy atom. The van der Waals surface area contributed by atoms with E-state index >= 15 is 0 Å². The Kier molecular flexibility index (Phi) is 6.09. The maximum atomic E-state index is 12.4. The van der Waals surface area contributed by atoms with Crippen LogP contribution in [0.5, 0.6) is 5.75 Å². The van der Waals surface area contributed by atoms with Gasteiger partial charge >= 0.3 is 0 Å². The second-order valence-electron chi connectivity index (χ2n) is 6.54. The average molecular weight is 400 g/mol. The largest absolute Gasteiger partial charge is 0.494 e. The predicted octanol–water partition coefficient (Wildman–Crippen LogP) is 4.27. The first-order chi connectivity index (χ1) is 13.0. The molecule has 1 aliphatic carbocycles. The number of nitrogens with zero attached hydrogens (tertiary/aromatic N) is 1. The lowest BCUT2D eigenvalue weighted by Crippen LogP contribution is -2.34. The number of carbonyl (C=O) groups is 1. The average Bonchev–Trinajstić information content (AvgIpc) is 2.97. The van der Waals surface area contributed by atoms with E-state index in [9.17, 15) is 10.1 Å². The smallest absolute Gasteiger partial charge is 0.257 e. The highest BCUT2D eigenvalue weighted by Crippen LogP contribution is 2.39. The van der Waals surface area contributed by atoms with Crippen molar-refractivity contribution in [3.8, 4) is 11.8 Å². The van der Waals surface area contributed by atoms with E-state index in [0.717, 1.165) is 24.8 Å². The number of amides is 1. The fourth-order valence-electron chi connectivity index (χ4n) is 3.16. The number of thiocarbonyl (C=S) groups is 1. The van der Waals surface area contributed by atoms with Crippen LogP contribution in [0.1, 0.15) is 46.6 Å². The number of thiophene rings is 1. The van der Waals surface area contributed by atoms with Crippen LogP contribution in [0.2, 0.25) is 0 Å². The van der Waals surface area contributed by atoms with Gasteiger partial charge in [0, 0.05) is 10.4 Å². The standard InChI is InChI=1S/C20H21N3O2S2/c1-3-25-14-6-4-5-13(10-14)18(24)22-20(26)23-19-16(11-21)15-8-7-12(2)9-17(15)27-19/h4-6,10,12H,3,7-9H2,1-2H3,(H2,22,23,24,26)/t12-/m1/s1. The van der Waals surface area contributed by atoms with E-state index in [4.69, 9.17) is 17.0 Å². The number of fused-ring (bicyclic) bond motifs is 1.